The highest BCUT2D eigenvalue weighted by Gasteiger charge is 2.05. The summed E-state index contributed by atoms with van der Waals surface area (Å²) in [7, 11) is 0. The van der Waals surface area contributed by atoms with Crippen LogP contribution in [0, 0.1) is 13.8 Å². The second-order valence-corrected chi connectivity index (χ2v) is 4.65. The number of nitrogens with zero attached hydrogens (tertiary/aromatic N) is 1. The molecule has 72 valence electrons. The van der Waals surface area contributed by atoms with Crippen molar-refractivity contribution >= 4 is 38.3 Å². The van der Waals surface area contributed by atoms with Gasteiger partial charge in [-0.05, 0) is 43.0 Å². The fourth-order valence-electron chi connectivity index (χ4n) is 1.57. The van der Waals surface area contributed by atoms with Gasteiger partial charge in [0, 0.05) is 15.6 Å². The standard InChI is InChI=1S/C11H9BrClN/c1-6-3-8(12)5-10-9(6)4-7(2)14-11(10)13/h3-5H,1-2H3. The highest BCUT2D eigenvalue weighted by Crippen LogP contribution is 2.28. The Morgan fingerprint density at radius 3 is 2.57 bits per heavy atom. The Bertz CT molecular complexity index is 461. The summed E-state index contributed by atoms with van der Waals surface area (Å²) in [6.45, 7) is 4.02. The fourth-order valence-corrected chi connectivity index (χ4v) is 2.43. The van der Waals surface area contributed by atoms with Gasteiger partial charge in [0.2, 0.25) is 0 Å². The number of rotatable bonds is 0. The fraction of sp³-hybridized carbons (Fsp3) is 0.182. The maximum atomic E-state index is 6.07. The van der Waals surface area contributed by atoms with Gasteiger partial charge in [-0.15, -0.1) is 0 Å². The molecule has 0 aliphatic rings. The van der Waals surface area contributed by atoms with Crippen LogP contribution in [-0.4, -0.2) is 4.98 Å². The molecule has 0 aliphatic heterocycles. The van der Waals surface area contributed by atoms with E-state index in [1.54, 1.807) is 0 Å². The van der Waals surface area contributed by atoms with Gasteiger partial charge < -0.3 is 0 Å². The smallest absolute Gasteiger partial charge is 0.137 e. The predicted molar refractivity (Wildman–Crippen MR) is 63.9 cm³/mol. The first-order valence-corrected chi connectivity index (χ1v) is 5.48. The van der Waals surface area contributed by atoms with Crippen LogP contribution >= 0.6 is 27.5 Å². The highest BCUT2D eigenvalue weighted by atomic mass is 79.9. The molecule has 0 N–H and O–H groups in total. The first-order valence-electron chi connectivity index (χ1n) is 4.31. The van der Waals surface area contributed by atoms with Crippen LogP contribution in [0.1, 0.15) is 11.3 Å². The van der Waals surface area contributed by atoms with Crippen LogP contribution < -0.4 is 0 Å². The van der Waals surface area contributed by atoms with Gasteiger partial charge >= 0.3 is 0 Å². The molecule has 0 aliphatic carbocycles. The van der Waals surface area contributed by atoms with E-state index in [1.807, 2.05) is 13.0 Å². The van der Waals surface area contributed by atoms with E-state index in [4.69, 9.17) is 11.6 Å². The van der Waals surface area contributed by atoms with E-state index < -0.39 is 0 Å². The Morgan fingerprint density at radius 1 is 1.14 bits per heavy atom. The van der Waals surface area contributed by atoms with Crippen molar-refractivity contribution in [1.82, 2.24) is 4.98 Å². The van der Waals surface area contributed by atoms with Crippen molar-refractivity contribution in [2.24, 2.45) is 0 Å². The van der Waals surface area contributed by atoms with Gasteiger partial charge in [-0.2, -0.15) is 0 Å². The zero-order valence-corrected chi connectivity index (χ0v) is 10.3. The minimum atomic E-state index is 0.574. The summed E-state index contributed by atoms with van der Waals surface area (Å²) >= 11 is 9.52. The third-order valence-corrected chi connectivity index (χ3v) is 2.95. The summed E-state index contributed by atoms with van der Waals surface area (Å²) in [5.74, 6) is 0. The Hall–Kier alpha value is -0.600. The van der Waals surface area contributed by atoms with Crippen molar-refractivity contribution in [3.63, 3.8) is 0 Å². The molecule has 14 heavy (non-hydrogen) atoms. The topological polar surface area (TPSA) is 12.9 Å². The number of halogens is 2. The van der Waals surface area contributed by atoms with Gasteiger partial charge in [-0.1, -0.05) is 27.5 Å². The second kappa shape index (κ2) is 3.52. The molecule has 0 fully saturated rings. The lowest BCUT2D eigenvalue weighted by atomic mass is 10.1. The number of benzene rings is 1. The largest absolute Gasteiger partial charge is 0.241 e. The van der Waals surface area contributed by atoms with Gasteiger partial charge in [-0.3, -0.25) is 0 Å². The van der Waals surface area contributed by atoms with Crippen molar-refractivity contribution in [2.45, 2.75) is 13.8 Å². The molecular weight excluding hydrogens is 261 g/mol. The third-order valence-electron chi connectivity index (χ3n) is 2.20. The van der Waals surface area contributed by atoms with Crippen LogP contribution in [0.25, 0.3) is 10.8 Å². The van der Waals surface area contributed by atoms with E-state index in [-0.39, 0.29) is 0 Å². The van der Waals surface area contributed by atoms with Crippen molar-refractivity contribution in [3.05, 3.63) is 39.1 Å². The minimum Gasteiger partial charge on any atom is -0.241 e. The van der Waals surface area contributed by atoms with Crippen LogP contribution in [0.5, 0.6) is 0 Å². The number of hydrogen-bond donors (Lipinski definition) is 0. The number of aryl methyl sites for hydroxylation is 2. The van der Waals surface area contributed by atoms with E-state index in [1.165, 1.54) is 10.9 Å². The van der Waals surface area contributed by atoms with Gasteiger partial charge in [0.05, 0.1) is 0 Å². The van der Waals surface area contributed by atoms with Crippen molar-refractivity contribution < 1.29 is 0 Å². The Kier molecular flexibility index (Phi) is 2.50. The Morgan fingerprint density at radius 2 is 1.86 bits per heavy atom. The summed E-state index contributed by atoms with van der Waals surface area (Å²) in [6.07, 6.45) is 0. The van der Waals surface area contributed by atoms with E-state index in [0.29, 0.717) is 5.15 Å². The third kappa shape index (κ3) is 1.64. The molecular formula is C11H9BrClN. The van der Waals surface area contributed by atoms with E-state index in [0.717, 1.165) is 15.6 Å². The molecule has 0 bridgehead atoms. The molecule has 2 rings (SSSR count). The van der Waals surface area contributed by atoms with Gasteiger partial charge in [0.1, 0.15) is 5.15 Å². The molecule has 3 heteroatoms. The lowest BCUT2D eigenvalue weighted by Crippen LogP contribution is -1.87. The predicted octanol–water partition coefficient (Wildman–Crippen LogP) is 4.27. The normalized spacial score (nSPS) is 10.9. The first kappa shape index (κ1) is 9.94. The lowest BCUT2D eigenvalue weighted by molar-refractivity contribution is 1.22. The molecule has 0 amide bonds. The molecule has 1 aromatic heterocycles. The minimum absolute atomic E-state index is 0.574. The van der Waals surface area contributed by atoms with Crippen LogP contribution in [0.2, 0.25) is 5.15 Å². The average molecular weight is 271 g/mol. The second-order valence-electron chi connectivity index (χ2n) is 3.37. The van der Waals surface area contributed by atoms with Gasteiger partial charge in [0.25, 0.3) is 0 Å². The average Bonchev–Trinajstić information content (AvgIpc) is 2.07. The number of fused-ring (bicyclic) bond motifs is 1. The van der Waals surface area contributed by atoms with Crippen molar-refractivity contribution in [2.75, 3.05) is 0 Å². The zero-order chi connectivity index (χ0) is 10.3. The van der Waals surface area contributed by atoms with E-state index in [9.17, 15) is 0 Å². The van der Waals surface area contributed by atoms with E-state index >= 15 is 0 Å². The molecule has 0 unspecified atom stereocenters. The monoisotopic (exact) mass is 269 g/mol. The first-order chi connectivity index (χ1) is 6.58. The summed E-state index contributed by atoms with van der Waals surface area (Å²) in [5.41, 5.74) is 2.16. The van der Waals surface area contributed by atoms with Crippen LogP contribution in [0.15, 0.2) is 22.7 Å². The zero-order valence-electron chi connectivity index (χ0n) is 7.94. The molecule has 1 heterocycles. The molecule has 0 radical (unpaired) electrons. The molecule has 2 aromatic rings. The maximum absolute atomic E-state index is 6.07. The summed E-state index contributed by atoms with van der Waals surface area (Å²) in [4.78, 5) is 4.23. The summed E-state index contributed by atoms with van der Waals surface area (Å²) in [5, 5.41) is 2.75. The lowest BCUT2D eigenvalue weighted by Gasteiger charge is -2.05. The molecule has 0 saturated heterocycles. The van der Waals surface area contributed by atoms with Gasteiger partial charge in [0.15, 0.2) is 0 Å². The Labute approximate surface area is 96.2 Å². The highest BCUT2D eigenvalue weighted by molar-refractivity contribution is 9.10. The SMILES string of the molecule is Cc1cc2c(C)cc(Br)cc2c(Cl)n1. The number of pyridine rings is 1. The maximum Gasteiger partial charge on any atom is 0.137 e. The molecule has 0 atom stereocenters. The molecule has 1 nitrogen and oxygen atoms in total. The molecule has 0 spiro atoms. The van der Waals surface area contributed by atoms with Crippen LogP contribution in [-0.2, 0) is 0 Å². The quantitative estimate of drug-likeness (QED) is 0.652. The number of hydrogen-bond acceptors (Lipinski definition) is 1. The molecule has 0 saturated carbocycles. The van der Waals surface area contributed by atoms with E-state index in [2.05, 4.69) is 40.0 Å². The van der Waals surface area contributed by atoms with Gasteiger partial charge in [-0.25, -0.2) is 4.98 Å². The van der Waals surface area contributed by atoms with Crippen LogP contribution in [0.3, 0.4) is 0 Å². The van der Waals surface area contributed by atoms with Crippen molar-refractivity contribution in [1.29, 1.82) is 0 Å². The molecule has 1 aromatic carbocycles. The number of aromatic nitrogens is 1. The van der Waals surface area contributed by atoms with Crippen LogP contribution in [0.4, 0.5) is 0 Å². The summed E-state index contributed by atoms with van der Waals surface area (Å²) < 4.78 is 1.04. The van der Waals surface area contributed by atoms with Crippen molar-refractivity contribution in [3.8, 4) is 0 Å². The Balaban J connectivity index is 2.94. The summed E-state index contributed by atoms with van der Waals surface area (Å²) in [6, 6.07) is 6.14.